The molecule has 1 rings (SSSR count). The fraction of sp³-hybridized carbons (Fsp3) is 0.923. The Kier molecular flexibility index (Phi) is 6.27. The van der Waals surface area contributed by atoms with Gasteiger partial charge in [0, 0.05) is 22.7 Å². The summed E-state index contributed by atoms with van der Waals surface area (Å²) in [7, 11) is 0. The summed E-state index contributed by atoms with van der Waals surface area (Å²) in [6.45, 7) is 8.91. The number of ketones is 1. The van der Waals surface area contributed by atoms with E-state index in [0.717, 1.165) is 12.2 Å². The van der Waals surface area contributed by atoms with E-state index < -0.39 is 0 Å². The minimum atomic E-state index is 0.260. The second-order valence-electron chi connectivity index (χ2n) is 4.93. The Morgan fingerprint density at radius 3 is 2.62 bits per heavy atom. The summed E-state index contributed by atoms with van der Waals surface area (Å²) in [5.41, 5.74) is 0. The zero-order valence-electron chi connectivity index (χ0n) is 10.9. The van der Waals surface area contributed by atoms with Gasteiger partial charge in [-0.3, -0.25) is 4.79 Å². The van der Waals surface area contributed by atoms with Gasteiger partial charge in [-0.1, -0.05) is 40.5 Å². The predicted molar refractivity (Wildman–Crippen MR) is 76.5 cm³/mol. The Balaban J connectivity index is 2.37. The number of Topliss-reactive ketones (excluding diaryl/α,β-unsaturated/α-hetero) is 1. The minimum Gasteiger partial charge on any atom is -0.298 e. The van der Waals surface area contributed by atoms with Gasteiger partial charge in [-0.2, -0.15) is 11.8 Å². The molecule has 1 aliphatic rings. The molecule has 1 heterocycles. The highest BCUT2D eigenvalue weighted by Gasteiger charge is 2.30. The lowest BCUT2D eigenvalue weighted by Gasteiger charge is -2.30. The molecule has 1 nitrogen and oxygen atoms in total. The summed E-state index contributed by atoms with van der Waals surface area (Å²) in [4.78, 5) is 12.1. The Morgan fingerprint density at radius 2 is 2.06 bits per heavy atom. The van der Waals surface area contributed by atoms with Crippen LogP contribution in [0.3, 0.4) is 0 Å². The van der Waals surface area contributed by atoms with E-state index in [1.54, 1.807) is 0 Å². The average Bonchev–Trinajstić information content (AvgIpc) is 2.22. The van der Waals surface area contributed by atoms with E-state index in [4.69, 9.17) is 0 Å². The smallest absolute Gasteiger partial charge is 0.146 e. The maximum Gasteiger partial charge on any atom is 0.146 e. The predicted octanol–water partition coefficient (Wildman–Crippen LogP) is 4.01. The molecule has 0 amide bonds. The lowest BCUT2D eigenvalue weighted by atomic mass is 9.98. The van der Waals surface area contributed by atoms with Crippen molar-refractivity contribution in [2.45, 2.75) is 62.7 Å². The van der Waals surface area contributed by atoms with Crippen LogP contribution >= 0.6 is 23.5 Å². The molecular formula is C13H24OS2. The van der Waals surface area contributed by atoms with Gasteiger partial charge in [0.05, 0.1) is 5.25 Å². The minimum absolute atomic E-state index is 0.260. The van der Waals surface area contributed by atoms with Gasteiger partial charge in [0.1, 0.15) is 5.78 Å². The number of hydrogen-bond acceptors (Lipinski definition) is 3. The van der Waals surface area contributed by atoms with E-state index in [1.165, 1.54) is 12.8 Å². The molecular weight excluding hydrogens is 236 g/mol. The van der Waals surface area contributed by atoms with Crippen LogP contribution in [0.1, 0.15) is 47.0 Å². The molecule has 0 aliphatic carbocycles. The number of thioether (sulfide) groups is 2. The van der Waals surface area contributed by atoms with Crippen LogP contribution in [-0.2, 0) is 4.79 Å². The Labute approximate surface area is 109 Å². The van der Waals surface area contributed by atoms with E-state index in [1.807, 2.05) is 23.5 Å². The Morgan fingerprint density at radius 1 is 1.38 bits per heavy atom. The SMILES string of the molecule is CCCC(C)CC(=O)C1CSC(C)C(C)S1. The van der Waals surface area contributed by atoms with Crippen molar-refractivity contribution < 1.29 is 4.79 Å². The molecule has 16 heavy (non-hydrogen) atoms. The zero-order valence-corrected chi connectivity index (χ0v) is 12.5. The van der Waals surface area contributed by atoms with Crippen LogP contribution < -0.4 is 0 Å². The van der Waals surface area contributed by atoms with E-state index in [2.05, 4.69) is 27.7 Å². The normalized spacial score (nSPS) is 32.4. The standard InChI is InChI=1S/C13H24OS2/c1-5-6-9(2)7-12(14)13-8-15-10(3)11(4)16-13/h9-11,13H,5-8H2,1-4H3. The summed E-state index contributed by atoms with van der Waals surface area (Å²) < 4.78 is 0. The monoisotopic (exact) mass is 260 g/mol. The van der Waals surface area contributed by atoms with Crippen molar-refractivity contribution in [2.24, 2.45) is 5.92 Å². The highest BCUT2D eigenvalue weighted by Crippen LogP contribution is 2.36. The first-order chi connectivity index (χ1) is 7.54. The quantitative estimate of drug-likeness (QED) is 0.743. The third kappa shape index (κ3) is 4.33. The first-order valence-electron chi connectivity index (χ1n) is 6.34. The van der Waals surface area contributed by atoms with Crippen LogP contribution in [0.2, 0.25) is 0 Å². The van der Waals surface area contributed by atoms with Gasteiger partial charge in [-0.15, -0.1) is 11.8 Å². The molecule has 0 aromatic carbocycles. The van der Waals surface area contributed by atoms with Crippen LogP contribution in [-0.4, -0.2) is 27.3 Å². The van der Waals surface area contributed by atoms with Crippen molar-refractivity contribution in [3.8, 4) is 0 Å². The summed E-state index contributed by atoms with van der Waals surface area (Å²) in [5.74, 6) is 2.07. The number of carbonyl (C=O) groups is 1. The number of carbonyl (C=O) groups excluding carboxylic acids is 1. The third-order valence-corrected chi connectivity index (χ3v) is 6.68. The van der Waals surface area contributed by atoms with Gasteiger partial charge in [0.2, 0.25) is 0 Å². The number of hydrogen-bond donors (Lipinski definition) is 0. The van der Waals surface area contributed by atoms with Crippen molar-refractivity contribution in [1.82, 2.24) is 0 Å². The molecule has 1 fully saturated rings. The van der Waals surface area contributed by atoms with Gasteiger partial charge >= 0.3 is 0 Å². The van der Waals surface area contributed by atoms with Crippen molar-refractivity contribution in [3.63, 3.8) is 0 Å². The Bertz CT molecular complexity index is 230. The Hall–Kier alpha value is 0.370. The molecule has 0 saturated carbocycles. The largest absolute Gasteiger partial charge is 0.298 e. The molecule has 0 spiro atoms. The van der Waals surface area contributed by atoms with E-state index >= 15 is 0 Å². The van der Waals surface area contributed by atoms with Gasteiger partial charge in [0.15, 0.2) is 0 Å². The van der Waals surface area contributed by atoms with Gasteiger partial charge < -0.3 is 0 Å². The first kappa shape index (κ1) is 14.4. The van der Waals surface area contributed by atoms with Crippen LogP contribution in [0, 0.1) is 5.92 Å². The molecule has 94 valence electrons. The van der Waals surface area contributed by atoms with Crippen molar-refractivity contribution in [2.75, 3.05) is 5.75 Å². The van der Waals surface area contributed by atoms with Crippen LogP contribution in [0.5, 0.6) is 0 Å². The summed E-state index contributed by atoms with van der Waals surface area (Å²) in [6, 6.07) is 0. The molecule has 0 bridgehead atoms. The van der Waals surface area contributed by atoms with Crippen molar-refractivity contribution in [3.05, 3.63) is 0 Å². The maximum atomic E-state index is 12.1. The van der Waals surface area contributed by atoms with Gasteiger partial charge in [-0.05, 0) is 5.92 Å². The number of rotatable bonds is 5. The van der Waals surface area contributed by atoms with Crippen molar-refractivity contribution in [1.29, 1.82) is 0 Å². The topological polar surface area (TPSA) is 17.1 Å². The lowest BCUT2D eigenvalue weighted by Crippen LogP contribution is -2.32. The fourth-order valence-corrected chi connectivity index (χ4v) is 4.92. The second-order valence-corrected chi connectivity index (χ2v) is 7.93. The van der Waals surface area contributed by atoms with Crippen LogP contribution in [0.25, 0.3) is 0 Å². The van der Waals surface area contributed by atoms with Crippen LogP contribution in [0.4, 0.5) is 0 Å². The third-order valence-electron chi connectivity index (χ3n) is 3.24. The molecule has 0 aromatic heterocycles. The van der Waals surface area contributed by atoms with Crippen LogP contribution in [0.15, 0.2) is 0 Å². The second kappa shape index (κ2) is 6.95. The molecule has 0 radical (unpaired) electrons. The summed E-state index contributed by atoms with van der Waals surface area (Å²) >= 11 is 3.85. The molecule has 0 N–H and O–H groups in total. The molecule has 1 saturated heterocycles. The molecule has 4 unspecified atom stereocenters. The summed E-state index contributed by atoms with van der Waals surface area (Å²) in [6.07, 6.45) is 3.16. The van der Waals surface area contributed by atoms with Crippen molar-refractivity contribution >= 4 is 29.3 Å². The fourth-order valence-electron chi connectivity index (χ4n) is 2.02. The molecule has 1 aliphatic heterocycles. The maximum absolute atomic E-state index is 12.1. The molecule has 3 heteroatoms. The summed E-state index contributed by atoms with van der Waals surface area (Å²) in [5, 5.41) is 1.58. The van der Waals surface area contributed by atoms with E-state index in [9.17, 15) is 4.79 Å². The first-order valence-corrected chi connectivity index (χ1v) is 8.33. The zero-order chi connectivity index (χ0) is 12.1. The van der Waals surface area contributed by atoms with Gasteiger partial charge in [0.25, 0.3) is 0 Å². The molecule has 0 aromatic rings. The van der Waals surface area contributed by atoms with E-state index in [-0.39, 0.29) is 5.25 Å². The highest BCUT2D eigenvalue weighted by molar-refractivity contribution is 8.08. The molecule has 4 atom stereocenters. The lowest BCUT2D eigenvalue weighted by molar-refractivity contribution is -0.119. The average molecular weight is 260 g/mol. The highest BCUT2D eigenvalue weighted by atomic mass is 32.2. The van der Waals surface area contributed by atoms with E-state index in [0.29, 0.717) is 22.2 Å². The van der Waals surface area contributed by atoms with Gasteiger partial charge in [-0.25, -0.2) is 0 Å².